The van der Waals surface area contributed by atoms with Gasteiger partial charge in [0.2, 0.25) is 0 Å². The lowest BCUT2D eigenvalue weighted by atomic mass is 10.2. The van der Waals surface area contributed by atoms with Crippen molar-refractivity contribution in [3.05, 3.63) is 22.7 Å². The molecule has 0 aliphatic carbocycles. The molecular weight excluding hydrogens is 421 g/mol. The molecular formula is C17H20ClF3N2O6. The van der Waals surface area contributed by atoms with Gasteiger partial charge in [0, 0.05) is 0 Å². The topological polar surface area (TPSA) is 103 Å². The van der Waals surface area contributed by atoms with Gasteiger partial charge in [0.25, 0.3) is 5.91 Å². The van der Waals surface area contributed by atoms with Crippen LogP contribution in [0.5, 0.6) is 11.5 Å². The summed E-state index contributed by atoms with van der Waals surface area (Å²) < 4.78 is 51.3. The Labute approximate surface area is 169 Å². The van der Waals surface area contributed by atoms with Gasteiger partial charge in [-0.2, -0.15) is 13.2 Å². The minimum atomic E-state index is -4.63. The van der Waals surface area contributed by atoms with E-state index in [9.17, 15) is 27.6 Å². The Morgan fingerprint density at radius 1 is 1.21 bits per heavy atom. The Morgan fingerprint density at radius 2 is 1.86 bits per heavy atom. The summed E-state index contributed by atoms with van der Waals surface area (Å²) in [5.41, 5.74) is -0.0573. The highest BCUT2D eigenvalue weighted by Gasteiger charge is 2.28. The Kier molecular flexibility index (Phi) is 9.02. The molecule has 0 unspecified atom stereocenters. The summed E-state index contributed by atoms with van der Waals surface area (Å²) in [7, 11) is 1.34. The second-order valence-electron chi connectivity index (χ2n) is 6.12. The van der Waals surface area contributed by atoms with Gasteiger partial charge in [0.1, 0.15) is 6.54 Å². The van der Waals surface area contributed by atoms with Crippen LogP contribution in [0.2, 0.25) is 5.02 Å². The Balaban J connectivity index is 2.66. The number of halogens is 4. The zero-order valence-corrected chi connectivity index (χ0v) is 16.6. The largest absolute Gasteiger partial charge is 0.493 e. The van der Waals surface area contributed by atoms with Crippen LogP contribution >= 0.6 is 11.6 Å². The van der Waals surface area contributed by atoms with Crippen molar-refractivity contribution < 1.29 is 41.8 Å². The molecule has 0 aliphatic rings. The minimum Gasteiger partial charge on any atom is -0.493 e. The standard InChI is InChI=1S/C17H20ClF3N2O6/c1-9(2)6-28-14-11(18)4-10(5-12(14)27-3)15(25)29-7-13(24)23-16(26)22-8-17(19,20)21/h4-5,9H,6-8H2,1-3H3,(H2,22,23,24,26). The molecule has 8 nitrogen and oxygen atoms in total. The van der Waals surface area contributed by atoms with E-state index in [0.717, 1.165) is 0 Å². The number of rotatable bonds is 8. The van der Waals surface area contributed by atoms with Crippen molar-refractivity contribution in [3.63, 3.8) is 0 Å². The molecule has 0 heterocycles. The average molecular weight is 441 g/mol. The van der Waals surface area contributed by atoms with E-state index >= 15 is 0 Å². The van der Waals surface area contributed by atoms with Gasteiger partial charge in [0.05, 0.1) is 24.3 Å². The predicted molar refractivity (Wildman–Crippen MR) is 96.2 cm³/mol. The van der Waals surface area contributed by atoms with Crippen molar-refractivity contribution in [3.8, 4) is 11.5 Å². The molecule has 1 aromatic carbocycles. The predicted octanol–water partition coefficient (Wildman–Crippen LogP) is 2.93. The van der Waals surface area contributed by atoms with Gasteiger partial charge >= 0.3 is 18.2 Å². The number of carbonyl (C=O) groups excluding carboxylic acids is 3. The number of methoxy groups -OCH3 is 1. The smallest absolute Gasteiger partial charge is 0.405 e. The molecule has 0 aliphatic heterocycles. The first-order valence-electron chi connectivity index (χ1n) is 8.24. The summed E-state index contributed by atoms with van der Waals surface area (Å²) in [5.74, 6) is -1.47. The highest BCUT2D eigenvalue weighted by atomic mass is 35.5. The fraction of sp³-hybridized carbons (Fsp3) is 0.471. The normalized spacial score (nSPS) is 11.0. The molecule has 0 saturated heterocycles. The third-order valence-corrected chi connectivity index (χ3v) is 3.34. The monoisotopic (exact) mass is 440 g/mol. The van der Waals surface area contributed by atoms with E-state index in [1.165, 1.54) is 24.6 Å². The fourth-order valence-corrected chi connectivity index (χ4v) is 2.09. The molecule has 1 rings (SSSR count). The molecule has 3 amide bonds. The Hall–Kier alpha value is -2.69. The molecule has 162 valence electrons. The van der Waals surface area contributed by atoms with E-state index in [1.54, 1.807) is 5.32 Å². The maximum absolute atomic E-state index is 12.1. The van der Waals surface area contributed by atoms with Crippen molar-refractivity contribution in [2.24, 2.45) is 5.92 Å². The Bertz CT molecular complexity index is 755. The van der Waals surface area contributed by atoms with E-state index in [1.807, 2.05) is 13.8 Å². The lowest BCUT2D eigenvalue weighted by Crippen LogP contribution is -2.44. The number of hydrogen-bond donors (Lipinski definition) is 2. The van der Waals surface area contributed by atoms with E-state index in [-0.39, 0.29) is 28.0 Å². The molecule has 0 aromatic heterocycles. The number of ether oxygens (including phenoxy) is 3. The number of alkyl halides is 3. The van der Waals surface area contributed by atoms with Gasteiger partial charge in [-0.05, 0) is 18.1 Å². The molecule has 29 heavy (non-hydrogen) atoms. The van der Waals surface area contributed by atoms with Crippen LogP contribution in [0.4, 0.5) is 18.0 Å². The van der Waals surface area contributed by atoms with E-state index < -0.39 is 37.2 Å². The summed E-state index contributed by atoms with van der Waals surface area (Å²) in [6.45, 7) is 1.71. The highest BCUT2D eigenvalue weighted by molar-refractivity contribution is 6.32. The van der Waals surface area contributed by atoms with Crippen molar-refractivity contribution >= 4 is 29.5 Å². The summed E-state index contributed by atoms with van der Waals surface area (Å²) in [5, 5.41) is 3.11. The van der Waals surface area contributed by atoms with Crippen LogP contribution in [0, 0.1) is 5.92 Å². The van der Waals surface area contributed by atoms with E-state index in [2.05, 4.69) is 0 Å². The van der Waals surface area contributed by atoms with E-state index in [0.29, 0.717) is 6.61 Å². The summed E-state index contributed by atoms with van der Waals surface area (Å²) in [6, 6.07) is 1.16. The van der Waals surface area contributed by atoms with Gasteiger partial charge in [-0.3, -0.25) is 10.1 Å². The number of hydrogen-bond acceptors (Lipinski definition) is 6. The lowest BCUT2D eigenvalue weighted by molar-refractivity contribution is -0.125. The number of urea groups is 1. The minimum absolute atomic E-state index is 0.0573. The number of benzene rings is 1. The van der Waals surface area contributed by atoms with Crippen molar-refractivity contribution in [2.75, 3.05) is 26.9 Å². The third-order valence-electron chi connectivity index (χ3n) is 3.06. The van der Waals surface area contributed by atoms with Crippen molar-refractivity contribution in [1.29, 1.82) is 0 Å². The number of amides is 3. The molecule has 12 heteroatoms. The van der Waals surface area contributed by atoms with Crippen LogP contribution in [-0.4, -0.2) is 51.0 Å². The lowest BCUT2D eigenvalue weighted by Gasteiger charge is -2.15. The molecule has 0 spiro atoms. The van der Waals surface area contributed by atoms with Gasteiger partial charge in [-0.15, -0.1) is 0 Å². The molecule has 0 radical (unpaired) electrons. The van der Waals surface area contributed by atoms with Crippen LogP contribution in [0.25, 0.3) is 0 Å². The van der Waals surface area contributed by atoms with Gasteiger partial charge < -0.3 is 19.5 Å². The van der Waals surface area contributed by atoms with Crippen molar-refractivity contribution in [2.45, 2.75) is 20.0 Å². The highest BCUT2D eigenvalue weighted by Crippen LogP contribution is 2.36. The van der Waals surface area contributed by atoms with Crippen LogP contribution < -0.4 is 20.1 Å². The zero-order chi connectivity index (χ0) is 22.2. The molecule has 0 saturated carbocycles. The van der Waals surface area contributed by atoms with E-state index in [4.69, 9.17) is 25.8 Å². The first kappa shape index (κ1) is 24.3. The number of esters is 1. The fourth-order valence-electron chi connectivity index (χ4n) is 1.83. The summed E-state index contributed by atoms with van der Waals surface area (Å²) in [6.07, 6.45) is -4.63. The summed E-state index contributed by atoms with van der Waals surface area (Å²) in [4.78, 5) is 34.7. The van der Waals surface area contributed by atoms with Crippen molar-refractivity contribution in [1.82, 2.24) is 10.6 Å². The SMILES string of the molecule is COc1cc(C(=O)OCC(=O)NC(=O)NCC(F)(F)F)cc(Cl)c1OCC(C)C. The van der Waals surface area contributed by atoms with Crippen LogP contribution in [0.3, 0.4) is 0 Å². The molecule has 0 atom stereocenters. The van der Waals surface area contributed by atoms with Gasteiger partial charge in [-0.25, -0.2) is 9.59 Å². The van der Waals surface area contributed by atoms with Gasteiger partial charge in [0.15, 0.2) is 18.1 Å². The third kappa shape index (κ3) is 8.90. The first-order valence-corrected chi connectivity index (χ1v) is 8.62. The van der Waals surface area contributed by atoms with Crippen LogP contribution in [0.1, 0.15) is 24.2 Å². The molecule has 2 N–H and O–H groups in total. The van der Waals surface area contributed by atoms with Gasteiger partial charge in [-0.1, -0.05) is 25.4 Å². The zero-order valence-electron chi connectivity index (χ0n) is 15.8. The second-order valence-corrected chi connectivity index (χ2v) is 6.52. The first-order chi connectivity index (χ1) is 13.4. The maximum Gasteiger partial charge on any atom is 0.405 e. The molecule has 1 aromatic rings. The summed E-state index contributed by atoms with van der Waals surface area (Å²) >= 11 is 6.11. The Morgan fingerprint density at radius 3 is 2.41 bits per heavy atom. The number of carbonyl (C=O) groups is 3. The molecule has 0 fully saturated rings. The van der Waals surface area contributed by atoms with Crippen LogP contribution in [-0.2, 0) is 9.53 Å². The molecule has 0 bridgehead atoms. The van der Waals surface area contributed by atoms with Crippen LogP contribution in [0.15, 0.2) is 12.1 Å². The maximum atomic E-state index is 12.1. The average Bonchev–Trinajstić information content (AvgIpc) is 2.62. The quantitative estimate of drug-likeness (QED) is 0.602. The number of nitrogens with one attached hydrogen (secondary N) is 2. The second kappa shape index (κ2) is 10.7. The number of imide groups is 1.